The summed E-state index contributed by atoms with van der Waals surface area (Å²) >= 11 is 3.42. The first-order chi connectivity index (χ1) is 14.9. The van der Waals surface area contributed by atoms with Crippen molar-refractivity contribution in [3.8, 4) is 17.2 Å². The lowest BCUT2D eigenvalue weighted by molar-refractivity contribution is 0.323. The lowest BCUT2D eigenvalue weighted by atomic mass is 10.2. The Morgan fingerprint density at radius 1 is 0.968 bits per heavy atom. The molecule has 0 aliphatic carbocycles. The van der Waals surface area contributed by atoms with E-state index in [-0.39, 0.29) is 4.90 Å². The van der Waals surface area contributed by atoms with Crippen molar-refractivity contribution in [2.75, 3.05) is 37.5 Å². The van der Waals surface area contributed by atoms with Crippen molar-refractivity contribution < 1.29 is 22.6 Å². The van der Waals surface area contributed by atoms with Crippen LogP contribution >= 0.6 is 15.9 Å². The van der Waals surface area contributed by atoms with E-state index in [1.165, 1.54) is 37.8 Å². The van der Waals surface area contributed by atoms with Gasteiger partial charge >= 0.3 is 0 Å². The second-order valence-corrected chi connectivity index (χ2v) is 9.66. The number of alkyl halides is 1. The van der Waals surface area contributed by atoms with E-state index in [4.69, 9.17) is 14.2 Å². The van der Waals surface area contributed by atoms with E-state index in [2.05, 4.69) is 15.9 Å². The van der Waals surface area contributed by atoms with Crippen LogP contribution in [0.15, 0.2) is 47.5 Å². The molecule has 0 N–H and O–H groups in total. The number of nitrogens with zero attached hydrogens (tertiary/aromatic N) is 2. The van der Waals surface area contributed by atoms with Crippen LogP contribution in [-0.4, -0.2) is 46.2 Å². The highest BCUT2D eigenvalue weighted by Crippen LogP contribution is 2.40. The molecular weight excluding hydrogens is 484 g/mol. The number of ether oxygens (including phenoxy) is 3. The summed E-state index contributed by atoms with van der Waals surface area (Å²) < 4.78 is 47.0. The van der Waals surface area contributed by atoms with E-state index in [0.717, 1.165) is 22.7 Å². The second-order valence-electron chi connectivity index (χ2n) is 7.00. The summed E-state index contributed by atoms with van der Waals surface area (Å²) in [5, 5.41) is 1.79. The van der Waals surface area contributed by atoms with Crippen molar-refractivity contribution in [2.45, 2.75) is 17.7 Å². The van der Waals surface area contributed by atoms with Gasteiger partial charge in [-0.3, -0.25) is 4.31 Å². The zero-order chi connectivity index (χ0) is 22.6. The van der Waals surface area contributed by atoms with E-state index in [1.807, 2.05) is 42.1 Å². The molecule has 0 aliphatic heterocycles. The number of anilines is 1. The first-order valence-corrected chi connectivity index (χ1v) is 12.4. The van der Waals surface area contributed by atoms with Crippen LogP contribution in [0.2, 0.25) is 0 Å². The molecule has 0 aliphatic rings. The summed E-state index contributed by atoms with van der Waals surface area (Å²) in [6.07, 6.45) is 3.52. The third-order valence-corrected chi connectivity index (χ3v) is 7.49. The molecule has 168 valence electrons. The smallest absolute Gasteiger partial charge is 0.264 e. The largest absolute Gasteiger partial charge is 0.493 e. The van der Waals surface area contributed by atoms with E-state index >= 15 is 0 Å². The number of aromatic nitrogens is 1. The van der Waals surface area contributed by atoms with Gasteiger partial charge in [0, 0.05) is 48.2 Å². The highest BCUT2D eigenvalue weighted by molar-refractivity contribution is 9.09. The lowest BCUT2D eigenvalue weighted by Crippen LogP contribution is -2.32. The van der Waals surface area contributed by atoms with Crippen LogP contribution in [0.5, 0.6) is 17.2 Å². The summed E-state index contributed by atoms with van der Waals surface area (Å²) in [7, 11) is 2.48. The molecule has 3 aromatic rings. The average Bonchev–Trinajstić information content (AvgIpc) is 3.15. The summed E-state index contributed by atoms with van der Waals surface area (Å²) in [6.45, 7) is 0.350. The molecule has 1 heterocycles. The van der Waals surface area contributed by atoms with E-state index in [9.17, 15) is 8.42 Å². The number of benzene rings is 2. The van der Waals surface area contributed by atoms with Gasteiger partial charge in [0.1, 0.15) is 0 Å². The van der Waals surface area contributed by atoms with Gasteiger partial charge < -0.3 is 18.8 Å². The van der Waals surface area contributed by atoms with E-state index in [0.29, 0.717) is 35.9 Å². The molecule has 3 rings (SSSR count). The molecule has 1 aromatic heterocycles. The van der Waals surface area contributed by atoms with Crippen LogP contribution in [0.3, 0.4) is 0 Å². The molecule has 0 bridgehead atoms. The van der Waals surface area contributed by atoms with Crippen molar-refractivity contribution in [1.29, 1.82) is 0 Å². The first-order valence-electron chi connectivity index (χ1n) is 9.81. The Kier molecular flexibility index (Phi) is 7.38. The number of unbranched alkanes of at least 4 members (excludes halogenated alkanes) is 1. The Morgan fingerprint density at radius 2 is 1.65 bits per heavy atom. The fourth-order valence-corrected chi connectivity index (χ4v) is 5.42. The minimum absolute atomic E-state index is 0.0778. The summed E-state index contributed by atoms with van der Waals surface area (Å²) in [5.74, 6) is 0.930. The average molecular weight is 511 g/mol. The van der Waals surface area contributed by atoms with Crippen molar-refractivity contribution in [2.24, 2.45) is 7.05 Å². The molecule has 0 atom stereocenters. The van der Waals surface area contributed by atoms with Gasteiger partial charge in [-0.1, -0.05) is 15.9 Å². The molecule has 0 amide bonds. The number of hydrogen-bond donors (Lipinski definition) is 0. The normalized spacial score (nSPS) is 11.5. The van der Waals surface area contributed by atoms with Crippen LogP contribution in [0.25, 0.3) is 10.9 Å². The van der Waals surface area contributed by atoms with Crippen LogP contribution in [0.4, 0.5) is 5.69 Å². The predicted molar refractivity (Wildman–Crippen MR) is 127 cm³/mol. The van der Waals surface area contributed by atoms with E-state index < -0.39 is 10.0 Å². The summed E-state index contributed by atoms with van der Waals surface area (Å²) in [6, 6.07) is 10.6. The lowest BCUT2D eigenvalue weighted by Gasteiger charge is -2.25. The SMILES string of the molecule is COc1cc(S(=O)(=O)N(CCCCBr)c2ccc3c(ccn3C)c2)cc(OC)c1OC. The fourth-order valence-electron chi connectivity index (χ4n) is 3.50. The Morgan fingerprint density at radius 3 is 2.23 bits per heavy atom. The fraction of sp³-hybridized carbons (Fsp3) is 0.364. The molecule has 0 radical (unpaired) electrons. The van der Waals surface area contributed by atoms with Gasteiger partial charge in [-0.05, 0) is 37.1 Å². The number of hydrogen-bond acceptors (Lipinski definition) is 5. The minimum Gasteiger partial charge on any atom is -0.493 e. The molecule has 9 heteroatoms. The van der Waals surface area contributed by atoms with Gasteiger partial charge in [0.2, 0.25) is 5.75 Å². The highest BCUT2D eigenvalue weighted by atomic mass is 79.9. The monoisotopic (exact) mass is 510 g/mol. The van der Waals surface area contributed by atoms with Crippen molar-refractivity contribution in [3.05, 3.63) is 42.6 Å². The van der Waals surface area contributed by atoms with Crippen LogP contribution < -0.4 is 18.5 Å². The zero-order valence-corrected chi connectivity index (χ0v) is 20.5. The number of fused-ring (bicyclic) bond motifs is 1. The van der Waals surface area contributed by atoms with Crippen molar-refractivity contribution in [3.63, 3.8) is 0 Å². The van der Waals surface area contributed by atoms with Crippen LogP contribution in [0, 0.1) is 0 Å². The van der Waals surface area contributed by atoms with Gasteiger partial charge in [0.15, 0.2) is 11.5 Å². The zero-order valence-electron chi connectivity index (χ0n) is 18.1. The Bertz CT molecular complexity index is 1130. The number of methoxy groups -OCH3 is 3. The maximum absolute atomic E-state index is 13.8. The maximum atomic E-state index is 13.8. The molecule has 0 unspecified atom stereocenters. The van der Waals surface area contributed by atoms with Crippen molar-refractivity contribution >= 4 is 42.5 Å². The van der Waals surface area contributed by atoms with Gasteiger partial charge in [0.25, 0.3) is 10.0 Å². The summed E-state index contributed by atoms with van der Waals surface area (Å²) in [5.41, 5.74) is 1.65. The number of rotatable bonds is 10. The number of halogens is 1. The molecular formula is C22H27BrN2O5S. The molecule has 0 spiro atoms. The number of aryl methyl sites for hydroxylation is 1. The Labute approximate surface area is 191 Å². The van der Waals surface area contributed by atoms with E-state index in [1.54, 1.807) is 0 Å². The standard InChI is InChI=1S/C22H27BrN2O5S/c1-24-12-9-16-13-17(7-8-19(16)24)25(11-6-5-10-23)31(26,27)18-14-20(28-2)22(30-4)21(15-18)29-3/h7-9,12-15H,5-6,10-11H2,1-4H3. The maximum Gasteiger partial charge on any atom is 0.264 e. The van der Waals surface area contributed by atoms with Gasteiger partial charge in [0.05, 0.1) is 31.9 Å². The molecule has 0 saturated heterocycles. The predicted octanol–water partition coefficient (Wildman–Crippen LogP) is 4.57. The first kappa shape index (κ1) is 23.3. The third kappa shape index (κ3) is 4.62. The third-order valence-electron chi connectivity index (χ3n) is 5.13. The summed E-state index contributed by atoms with van der Waals surface area (Å²) in [4.78, 5) is 0.0778. The Balaban J connectivity index is 2.12. The van der Waals surface area contributed by atoms with Crippen LogP contribution in [0.1, 0.15) is 12.8 Å². The molecule has 0 fully saturated rings. The van der Waals surface area contributed by atoms with Gasteiger partial charge in [-0.15, -0.1) is 0 Å². The van der Waals surface area contributed by atoms with Gasteiger partial charge in [-0.25, -0.2) is 8.42 Å². The van der Waals surface area contributed by atoms with Crippen LogP contribution in [-0.2, 0) is 17.1 Å². The highest BCUT2D eigenvalue weighted by Gasteiger charge is 2.28. The Hall–Kier alpha value is -2.39. The molecule has 2 aromatic carbocycles. The minimum atomic E-state index is -3.89. The second kappa shape index (κ2) is 9.82. The molecule has 31 heavy (non-hydrogen) atoms. The molecule has 7 nitrogen and oxygen atoms in total. The number of sulfonamides is 1. The quantitative estimate of drug-likeness (QED) is 0.295. The van der Waals surface area contributed by atoms with Gasteiger partial charge in [-0.2, -0.15) is 0 Å². The topological polar surface area (TPSA) is 70.0 Å². The van der Waals surface area contributed by atoms with Crippen molar-refractivity contribution in [1.82, 2.24) is 4.57 Å². The molecule has 0 saturated carbocycles.